The summed E-state index contributed by atoms with van der Waals surface area (Å²) in [5, 5.41) is 29.0. The van der Waals surface area contributed by atoms with Gasteiger partial charge in [0, 0.05) is 48.2 Å². The van der Waals surface area contributed by atoms with E-state index in [9.17, 15) is 14.4 Å². The molecule has 0 fully saturated rings. The number of aromatic amines is 1. The van der Waals surface area contributed by atoms with Crippen LogP contribution in [0.1, 0.15) is 93.4 Å². The summed E-state index contributed by atoms with van der Waals surface area (Å²) in [6.45, 7) is 10.7. The number of hydrogen-bond acceptors (Lipinski definition) is 11. The molecular formula is C98H86Cl6N10O6S2. The van der Waals surface area contributed by atoms with Crippen molar-refractivity contribution in [3.05, 3.63) is 365 Å². The van der Waals surface area contributed by atoms with Crippen molar-refractivity contribution in [3.8, 4) is 82.8 Å². The first-order valence-corrected chi connectivity index (χ1v) is 43.8. The van der Waals surface area contributed by atoms with E-state index in [0.29, 0.717) is 126 Å². The maximum atomic E-state index is 13.8. The molecule has 0 aliphatic heterocycles. The summed E-state index contributed by atoms with van der Waals surface area (Å²) in [5.41, 5.74) is 17.3. The van der Waals surface area contributed by atoms with Gasteiger partial charge in [0.1, 0.15) is 0 Å². The SMILES string of the molecule is CC[C@H](COCc1ccccc1)NC(=O)c1cnn(-c2ccc(C)cc2Cl)c1-c1cccc(-c2ccc3[nH]ccc3c2)c1.CC[C@H](COCc1ccccc1)NC(=O)c1cnn(-c2ccc(Cl)cc2Cl)c1-c1cccc(-c2ccc(Cl)s2)c1.CC[C@H](COCc1ccccc1)NC(=O)c1cnn(-c2ccc(Cl)cc2Cl)c1-c1cccc(-c2cccs2)c1. The average molecular weight is 1780 g/mol. The number of ether oxygens (including phenoxy) is 3. The van der Waals surface area contributed by atoms with E-state index in [1.165, 1.54) is 11.3 Å². The van der Waals surface area contributed by atoms with Crippen LogP contribution in [0, 0.1) is 6.92 Å². The number of hydrogen-bond donors (Lipinski definition) is 4. The number of nitrogens with one attached hydrogen (secondary N) is 4. The summed E-state index contributed by atoms with van der Waals surface area (Å²) in [6.07, 6.45) is 8.88. The number of aromatic nitrogens is 7. The Morgan fingerprint density at radius 1 is 0.393 bits per heavy atom. The Kier molecular flexibility index (Phi) is 30.0. The molecular weight excluding hydrogens is 1690 g/mol. The van der Waals surface area contributed by atoms with E-state index in [0.717, 1.165) is 94.7 Å². The molecule has 16 rings (SSSR count). The van der Waals surface area contributed by atoms with Gasteiger partial charge in [0.25, 0.3) is 17.7 Å². The third kappa shape index (κ3) is 22.0. The number of H-pyrrole nitrogens is 1. The highest BCUT2D eigenvalue weighted by Crippen LogP contribution is 2.40. The van der Waals surface area contributed by atoms with Crippen LogP contribution in [0.4, 0.5) is 0 Å². The number of carbonyl (C=O) groups excluding carboxylic acids is 3. The minimum Gasteiger partial charge on any atom is -0.375 e. The molecule has 618 valence electrons. The standard InChI is InChI=1S/C36H33ClN4O2.C31H26Cl3N3O2S.C31H27Cl2N3O2S/c1-3-30(23-43-22-25-8-5-4-6-9-25)40-36(42)31-21-39-41(34-15-12-24(2)18-32(34)37)35(31)29-11-7-10-26(20-29)27-13-14-33-28(19-27)16-17-38-33;1-2-24(19-39-18-20-7-4-3-5-8-20)36-31(38)25-17-35-37(27-12-11-23(32)16-26(27)33)30(25)22-10-6-9-21(15-22)28-13-14-29(34)40-28;1-2-25(20-38-19-21-8-4-3-5-9-21)35-31(37)26-18-34-36(28-14-13-24(32)17-27(28)33)30(26)23-11-6-10-22(16-23)29-12-7-15-39-29/h4-21,30,38H,3,22-23H2,1-2H3,(H,40,42);3-17,24H,2,18-19H2,1H3,(H,36,38);3-18,25H,2,19-20H2,1H3,(H,35,37)/t30-;24-;25-/m111/s1. The zero-order valence-electron chi connectivity index (χ0n) is 67.1. The van der Waals surface area contributed by atoms with Crippen molar-refractivity contribution in [2.24, 2.45) is 0 Å². The molecule has 0 radical (unpaired) electrons. The van der Waals surface area contributed by atoms with Crippen molar-refractivity contribution < 1.29 is 28.6 Å². The second-order valence-electron chi connectivity index (χ2n) is 28.9. The van der Waals surface area contributed by atoms with Crippen LogP contribution in [0.3, 0.4) is 0 Å². The van der Waals surface area contributed by atoms with Crippen molar-refractivity contribution in [1.82, 2.24) is 50.3 Å². The van der Waals surface area contributed by atoms with Crippen LogP contribution in [0.2, 0.25) is 29.4 Å². The normalized spacial score (nSPS) is 11.9. The van der Waals surface area contributed by atoms with Gasteiger partial charge in [0.15, 0.2) is 0 Å². The minimum absolute atomic E-state index is 0.158. The van der Waals surface area contributed by atoms with Gasteiger partial charge in [-0.25, -0.2) is 14.0 Å². The number of thiophene rings is 2. The Morgan fingerprint density at radius 3 is 1.20 bits per heavy atom. The molecule has 3 amide bonds. The van der Waals surface area contributed by atoms with E-state index in [2.05, 4.69) is 90.8 Å². The first-order valence-electron chi connectivity index (χ1n) is 39.8. The van der Waals surface area contributed by atoms with Crippen molar-refractivity contribution in [2.75, 3.05) is 19.8 Å². The van der Waals surface area contributed by atoms with Gasteiger partial charge in [0.05, 0.1) is 147 Å². The molecule has 16 nitrogen and oxygen atoms in total. The predicted molar refractivity (Wildman–Crippen MR) is 499 cm³/mol. The van der Waals surface area contributed by atoms with Crippen LogP contribution in [0.25, 0.3) is 93.7 Å². The third-order valence-corrected chi connectivity index (χ3v) is 24.0. The second kappa shape index (κ2) is 42.1. The number of benzene rings is 10. The Bertz CT molecular complexity index is 6230. The lowest BCUT2D eigenvalue weighted by Crippen LogP contribution is -2.37. The Balaban J connectivity index is 0.000000150. The highest BCUT2D eigenvalue weighted by atomic mass is 35.5. The molecule has 4 N–H and O–H groups in total. The summed E-state index contributed by atoms with van der Waals surface area (Å²) >= 11 is 41.6. The van der Waals surface area contributed by atoms with Gasteiger partial charge in [-0.05, 0) is 185 Å². The summed E-state index contributed by atoms with van der Waals surface area (Å²) in [7, 11) is 0. The Labute approximate surface area is 746 Å². The van der Waals surface area contributed by atoms with Crippen molar-refractivity contribution in [2.45, 2.75) is 84.9 Å². The van der Waals surface area contributed by atoms with Crippen LogP contribution >= 0.6 is 92.3 Å². The molecule has 10 aromatic carbocycles. The molecule has 0 spiro atoms. The fraction of sp³-hybridized carbons (Fsp3) is 0.163. The maximum Gasteiger partial charge on any atom is 0.255 e. The first kappa shape index (κ1) is 87.2. The molecule has 3 atom stereocenters. The fourth-order valence-electron chi connectivity index (χ4n) is 13.9. The van der Waals surface area contributed by atoms with Crippen LogP contribution in [0.15, 0.2) is 297 Å². The van der Waals surface area contributed by atoms with Gasteiger partial charge in [-0.1, -0.05) is 254 Å². The van der Waals surface area contributed by atoms with Crippen LogP contribution in [-0.4, -0.2) is 90.0 Å². The number of amides is 3. The number of carbonyl (C=O) groups is 3. The fourth-order valence-corrected chi connectivity index (χ4v) is 17.0. The molecule has 16 aromatic rings. The molecule has 0 unspecified atom stereocenters. The smallest absolute Gasteiger partial charge is 0.255 e. The highest BCUT2D eigenvalue weighted by Gasteiger charge is 2.28. The lowest BCUT2D eigenvalue weighted by Gasteiger charge is -2.18. The summed E-state index contributed by atoms with van der Waals surface area (Å²) in [4.78, 5) is 46.6. The Hall–Kier alpha value is -11.2. The second-order valence-corrected chi connectivity index (χ2v) is 33.7. The number of aryl methyl sites for hydroxylation is 1. The summed E-state index contributed by atoms with van der Waals surface area (Å²) in [6, 6.07) is 86.3. The van der Waals surface area contributed by atoms with Crippen molar-refractivity contribution >= 4 is 121 Å². The molecule has 0 aliphatic rings. The molecule has 24 heteroatoms. The van der Waals surface area contributed by atoms with Crippen LogP contribution in [0.5, 0.6) is 0 Å². The quantitative estimate of drug-likeness (QED) is 0.0340. The van der Waals surface area contributed by atoms with Crippen LogP contribution in [-0.2, 0) is 34.0 Å². The molecule has 0 bridgehead atoms. The number of halogens is 6. The van der Waals surface area contributed by atoms with E-state index in [-0.39, 0.29) is 35.8 Å². The molecule has 0 saturated heterocycles. The van der Waals surface area contributed by atoms with Gasteiger partial charge in [-0.15, -0.1) is 22.7 Å². The first-order chi connectivity index (χ1) is 59.4. The van der Waals surface area contributed by atoms with Crippen molar-refractivity contribution in [1.29, 1.82) is 0 Å². The monoisotopic (exact) mass is 1770 g/mol. The molecule has 0 aliphatic carbocycles. The largest absolute Gasteiger partial charge is 0.375 e. The van der Waals surface area contributed by atoms with E-state index >= 15 is 0 Å². The van der Waals surface area contributed by atoms with Gasteiger partial charge in [-0.2, -0.15) is 15.3 Å². The topological polar surface area (TPSA) is 184 Å². The third-order valence-electron chi connectivity index (χ3n) is 20.4. The summed E-state index contributed by atoms with van der Waals surface area (Å²) < 4.78 is 23.6. The van der Waals surface area contributed by atoms with Gasteiger partial charge in [-0.3, -0.25) is 14.4 Å². The van der Waals surface area contributed by atoms with Gasteiger partial charge >= 0.3 is 0 Å². The van der Waals surface area contributed by atoms with Crippen LogP contribution < -0.4 is 16.0 Å². The number of fused-ring (bicyclic) bond motifs is 1. The summed E-state index contributed by atoms with van der Waals surface area (Å²) in [5.74, 6) is -0.678. The number of rotatable bonds is 30. The maximum absolute atomic E-state index is 13.8. The van der Waals surface area contributed by atoms with Crippen molar-refractivity contribution in [3.63, 3.8) is 0 Å². The van der Waals surface area contributed by atoms with E-state index in [1.807, 2.05) is 215 Å². The molecule has 6 heterocycles. The Morgan fingerprint density at radius 2 is 0.795 bits per heavy atom. The number of nitrogens with zero attached hydrogens (tertiary/aromatic N) is 6. The van der Waals surface area contributed by atoms with Gasteiger partial charge < -0.3 is 35.1 Å². The molecule has 0 saturated carbocycles. The van der Waals surface area contributed by atoms with E-state index in [1.54, 1.807) is 80.4 Å². The predicted octanol–water partition coefficient (Wildman–Crippen LogP) is 25.6. The zero-order chi connectivity index (χ0) is 85.0. The van der Waals surface area contributed by atoms with E-state index in [4.69, 9.17) is 83.8 Å². The lowest BCUT2D eigenvalue weighted by atomic mass is 9.99. The average Bonchev–Trinajstić information content (AvgIpc) is 1.64. The lowest BCUT2D eigenvalue weighted by molar-refractivity contribution is 0.0789. The molecule has 6 aromatic heterocycles. The highest BCUT2D eigenvalue weighted by molar-refractivity contribution is 7.19. The zero-order valence-corrected chi connectivity index (χ0v) is 73.3. The van der Waals surface area contributed by atoms with E-state index < -0.39 is 0 Å². The van der Waals surface area contributed by atoms with Gasteiger partial charge in [0.2, 0.25) is 0 Å². The molecule has 122 heavy (non-hydrogen) atoms. The minimum atomic E-state index is -0.244.